The molecule has 0 radical (unpaired) electrons. The molecule has 1 saturated heterocycles. The molecule has 4 rings (SSSR count). The van der Waals surface area contributed by atoms with Gasteiger partial charge in [-0.1, -0.05) is 56.3 Å². The van der Waals surface area contributed by atoms with Crippen LogP contribution in [0, 0.1) is 5.92 Å². The first-order valence-corrected chi connectivity index (χ1v) is 13.2. The summed E-state index contributed by atoms with van der Waals surface area (Å²) in [6.07, 6.45) is 2.42. The zero-order chi connectivity index (χ0) is 25.3. The molecule has 7 heteroatoms. The lowest BCUT2D eigenvalue weighted by atomic mass is 10.1. The second-order valence-electron chi connectivity index (χ2n) is 9.08. The zero-order valence-electron chi connectivity index (χ0n) is 20.6. The molecule has 3 aromatic carbocycles. The average molecular weight is 502 g/mol. The molecule has 186 valence electrons. The number of amides is 2. The Morgan fingerprint density at radius 1 is 1.08 bits per heavy atom. The smallest absolute Gasteiger partial charge is 0.271 e. The minimum atomic E-state index is -0.286. The zero-order valence-corrected chi connectivity index (χ0v) is 21.4. The van der Waals surface area contributed by atoms with Crippen LogP contribution in [-0.4, -0.2) is 41.8 Å². The fourth-order valence-corrected chi connectivity index (χ4v) is 5.03. The van der Waals surface area contributed by atoms with Crippen molar-refractivity contribution in [1.82, 2.24) is 10.3 Å². The molecular weight excluding hydrogens is 470 g/mol. The predicted octanol–water partition coefficient (Wildman–Crippen LogP) is 5.30. The topological polar surface area (TPSA) is 71.0 Å². The number of nitrogens with zero attached hydrogens (tertiary/aromatic N) is 2. The molecule has 3 aromatic rings. The van der Waals surface area contributed by atoms with E-state index in [1.54, 1.807) is 30.1 Å². The number of hydrogen-bond donors (Lipinski definition) is 1. The summed E-state index contributed by atoms with van der Waals surface area (Å²) < 4.78 is 5.68. The summed E-state index contributed by atoms with van der Waals surface area (Å²) in [6, 6.07) is 25.1. The number of hydrazone groups is 1. The van der Waals surface area contributed by atoms with Crippen LogP contribution in [0.3, 0.4) is 0 Å². The third kappa shape index (κ3) is 6.98. The fraction of sp³-hybridized carbons (Fsp3) is 0.276. The normalized spacial score (nSPS) is 15.6. The maximum atomic E-state index is 12.5. The Labute approximate surface area is 216 Å². The summed E-state index contributed by atoms with van der Waals surface area (Å²) in [7, 11) is 0. The first-order valence-electron chi connectivity index (χ1n) is 12.1. The van der Waals surface area contributed by atoms with Gasteiger partial charge in [0.15, 0.2) is 0 Å². The first kappa shape index (κ1) is 25.5. The van der Waals surface area contributed by atoms with E-state index in [9.17, 15) is 9.59 Å². The highest BCUT2D eigenvalue weighted by Gasteiger charge is 2.32. The number of rotatable bonds is 10. The van der Waals surface area contributed by atoms with Crippen LogP contribution < -0.4 is 10.2 Å². The van der Waals surface area contributed by atoms with E-state index in [0.29, 0.717) is 30.4 Å². The second kappa shape index (κ2) is 12.4. The van der Waals surface area contributed by atoms with Crippen LogP contribution >= 0.6 is 11.8 Å². The average Bonchev–Trinajstić information content (AvgIpc) is 3.27. The molecule has 1 aliphatic rings. The molecule has 0 aliphatic carbocycles. The van der Waals surface area contributed by atoms with E-state index in [1.165, 1.54) is 5.56 Å². The number of thioether (sulfide) groups is 1. The Bertz CT molecular complexity index is 1180. The molecule has 6 nitrogen and oxygen atoms in total. The first-order chi connectivity index (χ1) is 17.5. The van der Waals surface area contributed by atoms with Gasteiger partial charge in [-0.2, -0.15) is 5.10 Å². The van der Waals surface area contributed by atoms with E-state index >= 15 is 0 Å². The Hall–Kier alpha value is -3.58. The molecule has 1 fully saturated rings. The van der Waals surface area contributed by atoms with Crippen molar-refractivity contribution in [2.24, 2.45) is 11.0 Å². The highest BCUT2D eigenvalue weighted by molar-refractivity contribution is 8.00. The van der Waals surface area contributed by atoms with Crippen molar-refractivity contribution in [3.8, 4) is 5.75 Å². The van der Waals surface area contributed by atoms with E-state index in [0.717, 1.165) is 23.3 Å². The van der Waals surface area contributed by atoms with E-state index < -0.39 is 0 Å². The van der Waals surface area contributed by atoms with Crippen molar-refractivity contribution < 1.29 is 14.3 Å². The SMILES string of the molecule is CC(C)COc1ccc(/C=N\NC(=O)c2ccc([C@@H]3SCC(=O)N3CCc3ccccc3)cc2)cc1. The number of ether oxygens (including phenoxy) is 1. The Kier molecular flexibility index (Phi) is 8.79. The van der Waals surface area contributed by atoms with Gasteiger partial charge in [0.05, 0.1) is 18.6 Å². The van der Waals surface area contributed by atoms with Gasteiger partial charge in [0, 0.05) is 12.1 Å². The summed E-state index contributed by atoms with van der Waals surface area (Å²) in [4.78, 5) is 26.9. The molecule has 0 aromatic heterocycles. The number of hydrogen-bond acceptors (Lipinski definition) is 5. The maximum Gasteiger partial charge on any atom is 0.271 e. The van der Waals surface area contributed by atoms with E-state index in [2.05, 4.69) is 36.5 Å². The van der Waals surface area contributed by atoms with Gasteiger partial charge in [0.1, 0.15) is 11.1 Å². The molecule has 1 N–H and O–H groups in total. The largest absolute Gasteiger partial charge is 0.493 e. The second-order valence-corrected chi connectivity index (χ2v) is 10.1. The molecule has 0 spiro atoms. The van der Waals surface area contributed by atoms with Gasteiger partial charge in [-0.25, -0.2) is 5.43 Å². The molecule has 1 aliphatic heterocycles. The van der Waals surface area contributed by atoms with Crippen LogP contribution in [0.4, 0.5) is 0 Å². The quantitative estimate of drug-likeness (QED) is 0.302. The highest BCUT2D eigenvalue weighted by Crippen LogP contribution is 2.38. The third-order valence-corrected chi connectivity index (χ3v) is 7.01. The molecule has 1 atom stereocenters. The standard InChI is InChI=1S/C29H31N3O3S/c1-21(2)19-35-26-14-8-23(9-15-26)18-30-31-28(34)24-10-12-25(13-11-24)29-32(27(33)20-36-29)17-16-22-6-4-3-5-7-22/h3-15,18,21,29H,16-17,19-20H2,1-2H3,(H,31,34)/b30-18-/t29-/m0/s1. The summed E-state index contributed by atoms with van der Waals surface area (Å²) in [6.45, 7) is 5.55. The molecular formula is C29H31N3O3S. The fourth-order valence-electron chi connectivity index (χ4n) is 3.81. The lowest BCUT2D eigenvalue weighted by Gasteiger charge is -2.24. The van der Waals surface area contributed by atoms with E-state index in [-0.39, 0.29) is 17.2 Å². The van der Waals surface area contributed by atoms with Gasteiger partial charge >= 0.3 is 0 Å². The van der Waals surface area contributed by atoms with Crippen molar-refractivity contribution in [3.63, 3.8) is 0 Å². The summed E-state index contributed by atoms with van der Waals surface area (Å²) in [5, 5.41) is 4.04. The van der Waals surface area contributed by atoms with Gasteiger partial charge < -0.3 is 9.64 Å². The Balaban J connectivity index is 1.31. The predicted molar refractivity (Wildman–Crippen MR) is 145 cm³/mol. The van der Waals surface area contributed by atoms with Crippen molar-refractivity contribution in [2.45, 2.75) is 25.6 Å². The number of carbonyl (C=O) groups is 2. The molecule has 0 unspecified atom stereocenters. The molecule has 1 heterocycles. The summed E-state index contributed by atoms with van der Waals surface area (Å²) >= 11 is 1.62. The minimum Gasteiger partial charge on any atom is -0.493 e. The van der Waals surface area contributed by atoms with Crippen LogP contribution in [0.25, 0.3) is 0 Å². The maximum absolute atomic E-state index is 12.5. The summed E-state index contributed by atoms with van der Waals surface area (Å²) in [5.41, 5.74) is 6.17. The van der Waals surface area contributed by atoms with Crippen molar-refractivity contribution in [2.75, 3.05) is 18.9 Å². The van der Waals surface area contributed by atoms with Gasteiger partial charge in [-0.05, 0) is 65.4 Å². The number of benzene rings is 3. The monoisotopic (exact) mass is 501 g/mol. The lowest BCUT2D eigenvalue weighted by Crippen LogP contribution is -2.30. The van der Waals surface area contributed by atoms with Crippen LogP contribution in [-0.2, 0) is 11.2 Å². The van der Waals surface area contributed by atoms with E-state index in [4.69, 9.17) is 4.74 Å². The van der Waals surface area contributed by atoms with Gasteiger partial charge in [0.25, 0.3) is 5.91 Å². The van der Waals surface area contributed by atoms with Crippen LogP contribution in [0.2, 0.25) is 0 Å². The third-order valence-electron chi connectivity index (χ3n) is 5.75. The van der Waals surface area contributed by atoms with Gasteiger partial charge in [-0.3, -0.25) is 9.59 Å². The van der Waals surface area contributed by atoms with Crippen molar-refractivity contribution in [3.05, 3.63) is 101 Å². The molecule has 0 bridgehead atoms. The van der Waals surface area contributed by atoms with Crippen LogP contribution in [0.15, 0.2) is 84.0 Å². The van der Waals surface area contributed by atoms with Crippen LogP contribution in [0.5, 0.6) is 5.75 Å². The Morgan fingerprint density at radius 2 is 1.81 bits per heavy atom. The molecule has 36 heavy (non-hydrogen) atoms. The van der Waals surface area contributed by atoms with E-state index in [1.807, 2.05) is 59.5 Å². The minimum absolute atomic E-state index is 0.0381. The van der Waals surface area contributed by atoms with Gasteiger partial charge in [0.2, 0.25) is 5.91 Å². The summed E-state index contributed by atoms with van der Waals surface area (Å²) in [5.74, 6) is 1.61. The number of nitrogens with one attached hydrogen (secondary N) is 1. The van der Waals surface area contributed by atoms with Crippen molar-refractivity contribution >= 4 is 29.8 Å². The lowest BCUT2D eigenvalue weighted by molar-refractivity contribution is -0.128. The molecule has 2 amide bonds. The number of carbonyl (C=O) groups excluding carboxylic acids is 2. The Morgan fingerprint density at radius 3 is 2.50 bits per heavy atom. The van der Waals surface area contributed by atoms with Crippen LogP contribution in [0.1, 0.15) is 46.3 Å². The highest BCUT2D eigenvalue weighted by atomic mass is 32.2. The van der Waals surface area contributed by atoms with Crippen molar-refractivity contribution in [1.29, 1.82) is 0 Å². The molecule has 0 saturated carbocycles. The van der Waals surface area contributed by atoms with Gasteiger partial charge in [-0.15, -0.1) is 11.8 Å².